The summed E-state index contributed by atoms with van der Waals surface area (Å²) in [4.78, 5) is 37.8. The molecule has 1 aliphatic rings. The fraction of sp³-hybridized carbons (Fsp3) is 0.375. The maximum atomic E-state index is 12.8. The molecule has 2 aromatic carbocycles. The lowest BCUT2D eigenvalue weighted by atomic mass is 9.98. The molecule has 8 heteroatoms. The predicted octanol–water partition coefficient (Wildman–Crippen LogP) is 3.58. The first-order valence-corrected chi connectivity index (χ1v) is 11.8. The summed E-state index contributed by atoms with van der Waals surface area (Å²) in [6.07, 6.45) is 1.59. The van der Waals surface area contributed by atoms with Crippen molar-refractivity contribution < 1.29 is 24.2 Å². The van der Waals surface area contributed by atoms with Crippen LogP contribution in [0.4, 0.5) is 4.79 Å². The van der Waals surface area contributed by atoms with E-state index in [9.17, 15) is 19.5 Å². The van der Waals surface area contributed by atoms with Crippen LogP contribution >= 0.6 is 11.8 Å². The maximum absolute atomic E-state index is 12.8. The van der Waals surface area contributed by atoms with E-state index in [1.165, 1.54) is 14.0 Å². The van der Waals surface area contributed by atoms with Gasteiger partial charge in [0.15, 0.2) is 0 Å². The molecule has 2 atom stereocenters. The Morgan fingerprint density at radius 1 is 1.09 bits per heavy atom. The van der Waals surface area contributed by atoms with Gasteiger partial charge in [-0.15, -0.1) is 0 Å². The number of thioether (sulfide) groups is 1. The number of hydrogen-bond donors (Lipinski definition) is 2. The van der Waals surface area contributed by atoms with Crippen LogP contribution in [0.3, 0.4) is 0 Å². The molecule has 0 bridgehead atoms. The van der Waals surface area contributed by atoms with E-state index in [2.05, 4.69) is 17.4 Å². The second kappa shape index (κ2) is 10.5. The molecule has 0 fully saturated rings. The van der Waals surface area contributed by atoms with Crippen LogP contribution in [0.5, 0.6) is 0 Å². The van der Waals surface area contributed by atoms with Crippen molar-refractivity contribution in [1.82, 2.24) is 10.2 Å². The topological polar surface area (TPSA) is 95.9 Å². The molecule has 0 spiro atoms. The molecule has 0 saturated heterocycles. The number of carbonyl (C=O) groups is 3. The Morgan fingerprint density at radius 2 is 1.66 bits per heavy atom. The third-order valence-corrected chi connectivity index (χ3v) is 6.47. The van der Waals surface area contributed by atoms with Crippen LogP contribution in [0.1, 0.15) is 30.4 Å². The van der Waals surface area contributed by atoms with Gasteiger partial charge in [0.2, 0.25) is 5.91 Å². The van der Waals surface area contributed by atoms with Gasteiger partial charge in [-0.3, -0.25) is 4.79 Å². The highest BCUT2D eigenvalue weighted by atomic mass is 32.2. The number of hydrogen-bond acceptors (Lipinski definition) is 5. The standard InChI is InChI=1S/C24H28N2O5S/c1-15(23(28)29)26(2)22(27)21(12-13-32-3)25-24(30)31-14-20-18-10-6-4-8-16(18)17-9-5-7-11-19(17)20/h4-11,15,20-21H,12-14H2,1-3H3,(H,25,30)(H,28,29)/t15-,21+/m0/s1. The summed E-state index contributed by atoms with van der Waals surface area (Å²) in [7, 11) is 1.42. The van der Waals surface area contributed by atoms with E-state index in [4.69, 9.17) is 4.74 Å². The first-order chi connectivity index (χ1) is 15.3. The average molecular weight is 457 g/mol. The van der Waals surface area contributed by atoms with Gasteiger partial charge in [-0.05, 0) is 47.6 Å². The van der Waals surface area contributed by atoms with Gasteiger partial charge in [0.25, 0.3) is 0 Å². The van der Waals surface area contributed by atoms with Gasteiger partial charge >= 0.3 is 12.1 Å². The number of carboxylic acids is 1. The SMILES string of the molecule is CSCC[C@@H](NC(=O)OCC1c2ccccc2-c2ccccc21)C(=O)N(C)[C@@H](C)C(=O)O. The van der Waals surface area contributed by atoms with E-state index < -0.39 is 30.1 Å². The van der Waals surface area contributed by atoms with Crippen molar-refractivity contribution in [2.45, 2.75) is 31.3 Å². The van der Waals surface area contributed by atoms with Gasteiger partial charge in [0, 0.05) is 13.0 Å². The minimum absolute atomic E-state index is 0.0804. The Morgan fingerprint density at radius 3 is 2.19 bits per heavy atom. The lowest BCUT2D eigenvalue weighted by Gasteiger charge is -2.27. The summed E-state index contributed by atoms with van der Waals surface area (Å²) >= 11 is 1.54. The number of rotatable bonds is 9. The average Bonchev–Trinajstić information content (AvgIpc) is 3.12. The van der Waals surface area contributed by atoms with E-state index in [0.29, 0.717) is 12.2 Å². The minimum atomic E-state index is -1.11. The quantitative estimate of drug-likeness (QED) is 0.599. The highest BCUT2D eigenvalue weighted by Crippen LogP contribution is 2.44. The zero-order valence-electron chi connectivity index (χ0n) is 18.4. The molecule has 2 aromatic rings. The van der Waals surface area contributed by atoms with Crippen molar-refractivity contribution in [3.8, 4) is 11.1 Å². The highest BCUT2D eigenvalue weighted by molar-refractivity contribution is 7.98. The number of benzene rings is 2. The normalized spacial score (nSPS) is 14.1. The molecule has 0 aliphatic heterocycles. The molecule has 0 saturated carbocycles. The van der Waals surface area contributed by atoms with Crippen molar-refractivity contribution in [2.75, 3.05) is 25.7 Å². The third-order valence-electron chi connectivity index (χ3n) is 5.83. The monoisotopic (exact) mass is 456 g/mol. The lowest BCUT2D eigenvalue weighted by Crippen LogP contribution is -2.51. The second-order valence-corrected chi connectivity index (χ2v) is 8.75. The van der Waals surface area contributed by atoms with Crippen molar-refractivity contribution in [1.29, 1.82) is 0 Å². The first kappa shape index (κ1) is 23.7. The molecule has 2 amide bonds. The van der Waals surface area contributed by atoms with Crippen molar-refractivity contribution in [3.05, 3.63) is 59.7 Å². The Balaban J connectivity index is 1.68. The Labute approximate surface area is 192 Å². The fourth-order valence-corrected chi connectivity index (χ4v) is 4.35. The van der Waals surface area contributed by atoms with Gasteiger partial charge in [-0.2, -0.15) is 11.8 Å². The highest BCUT2D eigenvalue weighted by Gasteiger charge is 2.31. The van der Waals surface area contributed by atoms with E-state index in [1.807, 2.05) is 42.7 Å². The second-order valence-electron chi connectivity index (χ2n) is 7.77. The van der Waals surface area contributed by atoms with Gasteiger partial charge in [-0.25, -0.2) is 9.59 Å². The predicted molar refractivity (Wildman–Crippen MR) is 125 cm³/mol. The van der Waals surface area contributed by atoms with Crippen LogP contribution in [0.15, 0.2) is 48.5 Å². The molecule has 0 unspecified atom stereocenters. The molecule has 1 aliphatic carbocycles. The van der Waals surface area contributed by atoms with Crippen LogP contribution in [0, 0.1) is 0 Å². The Hall–Kier alpha value is -3.00. The van der Waals surface area contributed by atoms with Crippen LogP contribution < -0.4 is 5.32 Å². The number of aliphatic carboxylic acids is 1. The fourth-order valence-electron chi connectivity index (χ4n) is 3.88. The summed E-state index contributed by atoms with van der Waals surface area (Å²) in [5, 5.41) is 11.8. The van der Waals surface area contributed by atoms with Crippen LogP contribution in [-0.2, 0) is 14.3 Å². The number of alkyl carbamates (subject to hydrolysis) is 1. The molecule has 7 nitrogen and oxygen atoms in total. The minimum Gasteiger partial charge on any atom is -0.480 e. The summed E-state index contributed by atoms with van der Waals surface area (Å²) in [5.74, 6) is -1.01. The summed E-state index contributed by atoms with van der Waals surface area (Å²) in [6.45, 7) is 1.57. The largest absolute Gasteiger partial charge is 0.480 e. The van der Waals surface area contributed by atoms with Crippen molar-refractivity contribution in [2.24, 2.45) is 0 Å². The number of carbonyl (C=O) groups excluding carboxylic acids is 2. The molecule has 0 radical (unpaired) electrons. The summed E-state index contributed by atoms with van der Waals surface area (Å²) < 4.78 is 5.54. The molecule has 3 rings (SSSR count). The number of nitrogens with one attached hydrogen (secondary N) is 1. The number of amides is 2. The smallest absolute Gasteiger partial charge is 0.407 e. The summed E-state index contributed by atoms with van der Waals surface area (Å²) in [5.41, 5.74) is 4.47. The van der Waals surface area contributed by atoms with Gasteiger partial charge in [-0.1, -0.05) is 48.5 Å². The van der Waals surface area contributed by atoms with Gasteiger partial charge in [0.05, 0.1) is 0 Å². The molecule has 0 aromatic heterocycles. The zero-order chi connectivity index (χ0) is 23.3. The number of carboxylic acid groups (broad SMARTS) is 1. The van der Waals surface area contributed by atoms with Gasteiger partial charge < -0.3 is 20.1 Å². The third kappa shape index (κ3) is 5.07. The van der Waals surface area contributed by atoms with Crippen LogP contribution in [0.25, 0.3) is 11.1 Å². The maximum Gasteiger partial charge on any atom is 0.407 e. The van der Waals surface area contributed by atoms with E-state index >= 15 is 0 Å². The molecular formula is C24H28N2O5S. The Kier molecular flexibility index (Phi) is 7.80. The van der Waals surface area contributed by atoms with Crippen LogP contribution in [-0.4, -0.2) is 65.7 Å². The van der Waals surface area contributed by atoms with E-state index in [-0.39, 0.29) is 12.5 Å². The summed E-state index contributed by atoms with van der Waals surface area (Å²) in [6, 6.07) is 14.2. The number of nitrogens with zero attached hydrogens (tertiary/aromatic N) is 1. The van der Waals surface area contributed by atoms with E-state index in [0.717, 1.165) is 27.2 Å². The lowest BCUT2D eigenvalue weighted by molar-refractivity contribution is -0.149. The molecular weight excluding hydrogens is 428 g/mol. The van der Waals surface area contributed by atoms with Crippen LogP contribution in [0.2, 0.25) is 0 Å². The molecule has 2 N–H and O–H groups in total. The zero-order valence-corrected chi connectivity index (χ0v) is 19.2. The van der Waals surface area contributed by atoms with Crippen molar-refractivity contribution in [3.63, 3.8) is 0 Å². The van der Waals surface area contributed by atoms with Crippen molar-refractivity contribution >= 4 is 29.7 Å². The number of fused-ring (bicyclic) bond motifs is 3. The first-order valence-electron chi connectivity index (χ1n) is 10.4. The molecule has 0 heterocycles. The number of likely N-dealkylation sites (N-methyl/N-ethyl adjacent to an activating group) is 1. The Bertz CT molecular complexity index is 950. The molecule has 32 heavy (non-hydrogen) atoms. The van der Waals surface area contributed by atoms with E-state index in [1.54, 1.807) is 11.8 Å². The molecule has 170 valence electrons. The number of ether oxygens (including phenoxy) is 1. The van der Waals surface area contributed by atoms with Gasteiger partial charge in [0.1, 0.15) is 18.7 Å².